The predicted molar refractivity (Wildman–Crippen MR) is 59.2 cm³/mol. The summed E-state index contributed by atoms with van der Waals surface area (Å²) >= 11 is 3.12. The van der Waals surface area contributed by atoms with Crippen molar-refractivity contribution in [2.24, 2.45) is 5.92 Å². The molecule has 0 spiro atoms. The highest BCUT2D eigenvalue weighted by molar-refractivity contribution is 9.10. The second-order valence-electron chi connectivity index (χ2n) is 3.62. The average Bonchev–Trinajstić information content (AvgIpc) is 2.14. The molecule has 0 atom stereocenters. The first-order valence-corrected chi connectivity index (χ1v) is 5.42. The van der Waals surface area contributed by atoms with Crippen LogP contribution in [0.4, 0.5) is 4.39 Å². The maximum Gasteiger partial charge on any atom is 0.341 e. The molecule has 0 N–H and O–H groups in total. The zero-order chi connectivity index (χ0) is 11.4. The van der Waals surface area contributed by atoms with Crippen molar-refractivity contribution in [1.29, 1.82) is 0 Å². The van der Waals surface area contributed by atoms with Gasteiger partial charge in [-0.2, -0.15) is 0 Å². The van der Waals surface area contributed by atoms with Gasteiger partial charge in [-0.3, -0.25) is 0 Å². The van der Waals surface area contributed by atoms with Crippen molar-refractivity contribution in [1.82, 2.24) is 0 Å². The van der Waals surface area contributed by atoms with Crippen LogP contribution in [0.15, 0.2) is 22.7 Å². The van der Waals surface area contributed by atoms with Crippen LogP contribution in [0.2, 0.25) is 0 Å². The lowest BCUT2D eigenvalue weighted by Gasteiger charge is -2.07. The number of benzene rings is 1. The highest BCUT2D eigenvalue weighted by atomic mass is 79.9. The van der Waals surface area contributed by atoms with Crippen LogP contribution in [0.25, 0.3) is 0 Å². The van der Waals surface area contributed by atoms with Crippen molar-refractivity contribution in [2.75, 3.05) is 6.61 Å². The Morgan fingerprint density at radius 2 is 2.20 bits per heavy atom. The smallest absolute Gasteiger partial charge is 0.341 e. The fourth-order valence-corrected chi connectivity index (χ4v) is 1.31. The van der Waals surface area contributed by atoms with Crippen molar-refractivity contribution >= 4 is 21.9 Å². The van der Waals surface area contributed by atoms with E-state index in [4.69, 9.17) is 4.74 Å². The van der Waals surface area contributed by atoms with E-state index in [9.17, 15) is 9.18 Å². The Balaban J connectivity index is 2.74. The molecule has 0 bridgehead atoms. The topological polar surface area (TPSA) is 26.3 Å². The van der Waals surface area contributed by atoms with Crippen LogP contribution in [0.5, 0.6) is 0 Å². The molecule has 1 aromatic rings. The summed E-state index contributed by atoms with van der Waals surface area (Å²) in [6.07, 6.45) is 0. The van der Waals surface area contributed by atoms with Crippen LogP contribution in [0.3, 0.4) is 0 Å². The molecule has 0 amide bonds. The minimum absolute atomic E-state index is 0.0288. The van der Waals surface area contributed by atoms with Gasteiger partial charge in [-0.25, -0.2) is 9.18 Å². The third-order valence-electron chi connectivity index (χ3n) is 1.70. The molecule has 0 saturated carbocycles. The molecule has 82 valence electrons. The Bertz CT molecular complexity index is 364. The fourth-order valence-electron chi connectivity index (χ4n) is 0.975. The summed E-state index contributed by atoms with van der Waals surface area (Å²) in [5.41, 5.74) is -0.0288. The molecule has 2 nitrogen and oxygen atoms in total. The average molecular weight is 275 g/mol. The van der Waals surface area contributed by atoms with Crippen LogP contribution in [0, 0.1) is 11.7 Å². The summed E-state index contributed by atoms with van der Waals surface area (Å²) in [4.78, 5) is 11.4. The molecule has 0 fully saturated rings. The number of carbonyl (C=O) groups is 1. The van der Waals surface area contributed by atoms with Gasteiger partial charge in [0.15, 0.2) is 0 Å². The van der Waals surface area contributed by atoms with Gasteiger partial charge in [-0.15, -0.1) is 0 Å². The van der Waals surface area contributed by atoms with Gasteiger partial charge in [-0.1, -0.05) is 29.8 Å². The molecule has 0 aliphatic heterocycles. The van der Waals surface area contributed by atoms with Crippen molar-refractivity contribution in [2.45, 2.75) is 13.8 Å². The Hall–Kier alpha value is -0.900. The highest BCUT2D eigenvalue weighted by Crippen LogP contribution is 2.16. The number of rotatable bonds is 3. The van der Waals surface area contributed by atoms with Gasteiger partial charge in [0.25, 0.3) is 0 Å². The summed E-state index contributed by atoms with van der Waals surface area (Å²) in [5.74, 6) is -0.945. The summed E-state index contributed by atoms with van der Waals surface area (Å²) in [5, 5.41) is 0. The van der Waals surface area contributed by atoms with E-state index in [1.54, 1.807) is 6.07 Å². The second-order valence-corrected chi connectivity index (χ2v) is 4.53. The number of hydrogen-bond acceptors (Lipinski definition) is 2. The lowest BCUT2D eigenvalue weighted by atomic mass is 10.2. The van der Waals surface area contributed by atoms with Gasteiger partial charge in [-0.05, 0) is 24.1 Å². The van der Waals surface area contributed by atoms with Crippen molar-refractivity contribution in [3.63, 3.8) is 0 Å². The number of halogens is 2. The quantitative estimate of drug-likeness (QED) is 0.790. The molecular formula is C11H12BrFO2. The number of carbonyl (C=O) groups excluding carboxylic acids is 1. The zero-order valence-corrected chi connectivity index (χ0v) is 10.2. The molecule has 0 unspecified atom stereocenters. The Morgan fingerprint density at radius 3 is 2.73 bits per heavy atom. The van der Waals surface area contributed by atoms with E-state index in [0.717, 1.165) is 0 Å². The molecule has 0 aromatic heterocycles. The van der Waals surface area contributed by atoms with E-state index in [1.807, 2.05) is 13.8 Å². The number of hydrogen-bond donors (Lipinski definition) is 0. The maximum absolute atomic E-state index is 13.3. The van der Waals surface area contributed by atoms with E-state index in [2.05, 4.69) is 15.9 Å². The third kappa shape index (κ3) is 3.63. The first-order chi connectivity index (χ1) is 7.00. The van der Waals surface area contributed by atoms with Crippen LogP contribution >= 0.6 is 15.9 Å². The molecule has 4 heteroatoms. The van der Waals surface area contributed by atoms with Crippen molar-refractivity contribution in [3.8, 4) is 0 Å². The van der Waals surface area contributed by atoms with Gasteiger partial charge in [0.1, 0.15) is 5.82 Å². The first-order valence-electron chi connectivity index (χ1n) is 4.63. The molecule has 1 rings (SSSR count). The second kappa shape index (κ2) is 5.26. The van der Waals surface area contributed by atoms with E-state index in [0.29, 0.717) is 11.1 Å². The lowest BCUT2D eigenvalue weighted by molar-refractivity contribution is 0.0453. The molecule has 0 aliphatic rings. The van der Waals surface area contributed by atoms with Gasteiger partial charge < -0.3 is 4.74 Å². The largest absolute Gasteiger partial charge is 0.462 e. The number of esters is 1. The predicted octanol–water partition coefficient (Wildman–Crippen LogP) is 3.40. The summed E-state index contributed by atoms with van der Waals surface area (Å²) < 4.78 is 18.8. The summed E-state index contributed by atoms with van der Waals surface area (Å²) in [7, 11) is 0. The Morgan fingerprint density at radius 1 is 1.53 bits per heavy atom. The third-order valence-corrected chi connectivity index (χ3v) is 2.19. The summed E-state index contributed by atoms with van der Waals surface area (Å²) in [6, 6.07) is 4.25. The highest BCUT2D eigenvalue weighted by Gasteiger charge is 2.13. The van der Waals surface area contributed by atoms with Crippen molar-refractivity contribution < 1.29 is 13.9 Å². The number of ether oxygens (including phenoxy) is 1. The Kier molecular flexibility index (Phi) is 4.27. The van der Waals surface area contributed by atoms with E-state index < -0.39 is 11.8 Å². The molecule has 0 aliphatic carbocycles. The SMILES string of the molecule is CC(C)COC(=O)c1ccc(Br)cc1F. The van der Waals surface area contributed by atoms with Crippen LogP contribution < -0.4 is 0 Å². The van der Waals surface area contributed by atoms with Gasteiger partial charge in [0, 0.05) is 4.47 Å². The monoisotopic (exact) mass is 274 g/mol. The molecule has 15 heavy (non-hydrogen) atoms. The van der Waals surface area contributed by atoms with Crippen LogP contribution in [0.1, 0.15) is 24.2 Å². The van der Waals surface area contributed by atoms with Gasteiger partial charge in [0.2, 0.25) is 0 Å². The molecule has 1 aromatic carbocycles. The van der Waals surface area contributed by atoms with Crippen molar-refractivity contribution in [3.05, 3.63) is 34.1 Å². The molecule has 0 saturated heterocycles. The fraction of sp³-hybridized carbons (Fsp3) is 0.364. The molecule has 0 radical (unpaired) electrons. The maximum atomic E-state index is 13.3. The van der Waals surface area contributed by atoms with E-state index in [-0.39, 0.29) is 11.5 Å². The molecular weight excluding hydrogens is 263 g/mol. The minimum atomic E-state index is -0.617. The summed E-state index contributed by atoms with van der Waals surface area (Å²) in [6.45, 7) is 4.14. The van der Waals surface area contributed by atoms with Gasteiger partial charge in [0.05, 0.1) is 12.2 Å². The van der Waals surface area contributed by atoms with E-state index in [1.165, 1.54) is 12.1 Å². The zero-order valence-electron chi connectivity index (χ0n) is 8.59. The normalized spacial score (nSPS) is 10.5. The standard InChI is InChI=1S/C11H12BrFO2/c1-7(2)6-15-11(14)9-4-3-8(12)5-10(9)13/h3-5,7H,6H2,1-2H3. The lowest BCUT2D eigenvalue weighted by Crippen LogP contribution is -2.11. The van der Waals surface area contributed by atoms with E-state index >= 15 is 0 Å². The van der Waals surface area contributed by atoms with Gasteiger partial charge >= 0.3 is 5.97 Å². The first kappa shape index (κ1) is 12.2. The van der Waals surface area contributed by atoms with Crippen LogP contribution in [-0.2, 0) is 4.74 Å². The van der Waals surface area contributed by atoms with Crippen LogP contribution in [-0.4, -0.2) is 12.6 Å². The molecule has 0 heterocycles. The minimum Gasteiger partial charge on any atom is -0.462 e. The Labute approximate surface area is 96.6 Å².